The van der Waals surface area contributed by atoms with E-state index >= 15 is 0 Å². The summed E-state index contributed by atoms with van der Waals surface area (Å²) < 4.78 is 5.39. The van der Waals surface area contributed by atoms with Gasteiger partial charge in [0.2, 0.25) is 0 Å². The lowest BCUT2D eigenvalue weighted by atomic mass is 10.3. The molecule has 1 aliphatic rings. The summed E-state index contributed by atoms with van der Waals surface area (Å²) in [7, 11) is -0.728. The fourth-order valence-electron chi connectivity index (χ4n) is 2.17. The van der Waals surface area contributed by atoms with E-state index in [-0.39, 0.29) is 0 Å². The SMILES string of the molecule is CC(C)N1CCN(C(C)C)[SiH]1C. The Hall–Kier alpha value is 0.137. The lowest BCUT2D eigenvalue weighted by Crippen LogP contribution is -2.46. The molecule has 0 aliphatic carbocycles. The molecule has 1 heterocycles. The molecule has 0 spiro atoms. The van der Waals surface area contributed by atoms with Crippen molar-refractivity contribution < 1.29 is 0 Å². The second kappa shape index (κ2) is 3.90. The van der Waals surface area contributed by atoms with Gasteiger partial charge < -0.3 is 9.13 Å². The fourth-order valence-corrected chi connectivity index (χ4v) is 5.26. The third kappa shape index (κ3) is 1.89. The van der Waals surface area contributed by atoms with Gasteiger partial charge in [-0.3, -0.25) is 0 Å². The zero-order valence-corrected chi connectivity index (χ0v) is 10.2. The third-order valence-corrected chi connectivity index (χ3v) is 6.53. The van der Waals surface area contributed by atoms with E-state index in [1.807, 2.05) is 0 Å². The van der Waals surface area contributed by atoms with E-state index in [2.05, 4.69) is 43.4 Å². The minimum absolute atomic E-state index is 0.728. The molecule has 0 bridgehead atoms. The Morgan fingerprint density at radius 2 is 1.25 bits per heavy atom. The molecular formula is C9H22N2Si. The molecule has 2 nitrogen and oxygen atoms in total. The molecule has 0 N–H and O–H groups in total. The highest BCUT2D eigenvalue weighted by atomic mass is 28.3. The zero-order valence-electron chi connectivity index (χ0n) is 9.04. The lowest BCUT2D eigenvalue weighted by Gasteiger charge is -2.30. The van der Waals surface area contributed by atoms with Gasteiger partial charge in [-0.05, 0) is 18.6 Å². The zero-order chi connectivity index (χ0) is 9.30. The molecule has 72 valence electrons. The lowest BCUT2D eigenvalue weighted by molar-refractivity contribution is 0.390. The van der Waals surface area contributed by atoms with Crippen LogP contribution in [0.4, 0.5) is 0 Å². The molecule has 1 fully saturated rings. The summed E-state index contributed by atoms with van der Waals surface area (Å²) in [5.41, 5.74) is 0. The van der Waals surface area contributed by atoms with Crippen molar-refractivity contribution in [2.24, 2.45) is 0 Å². The molecule has 0 aromatic carbocycles. The Balaban J connectivity index is 2.55. The quantitative estimate of drug-likeness (QED) is 0.599. The molecule has 3 heteroatoms. The fraction of sp³-hybridized carbons (Fsp3) is 1.00. The summed E-state index contributed by atoms with van der Waals surface area (Å²) in [6, 6.07) is 1.49. The minimum atomic E-state index is -0.728. The molecule has 1 rings (SSSR count). The number of nitrogens with zero attached hydrogens (tertiary/aromatic N) is 2. The molecule has 0 atom stereocenters. The van der Waals surface area contributed by atoms with E-state index in [1.165, 1.54) is 13.1 Å². The van der Waals surface area contributed by atoms with Crippen LogP contribution in [0.25, 0.3) is 0 Å². The number of hydrogen-bond acceptors (Lipinski definition) is 2. The average molecular weight is 186 g/mol. The van der Waals surface area contributed by atoms with Gasteiger partial charge in [-0.25, -0.2) is 0 Å². The first-order valence-corrected chi connectivity index (χ1v) is 7.24. The maximum absolute atomic E-state index is 2.69. The van der Waals surface area contributed by atoms with Crippen LogP contribution in [0, 0.1) is 0 Å². The molecule has 0 aromatic rings. The summed E-state index contributed by atoms with van der Waals surface area (Å²) in [6.07, 6.45) is 0. The van der Waals surface area contributed by atoms with Crippen LogP contribution in [0.15, 0.2) is 0 Å². The normalized spacial score (nSPS) is 23.2. The second-order valence-corrected chi connectivity index (χ2v) is 6.89. The van der Waals surface area contributed by atoms with Crippen molar-refractivity contribution in [3.05, 3.63) is 0 Å². The van der Waals surface area contributed by atoms with Crippen LogP contribution in [0.5, 0.6) is 0 Å². The first-order valence-electron chi connectivity index (χ1n) is 5.05. The molecule has 1 aliphatic heterocycles. The highest BCUT2D eigenvalue weighted by Gasteiger charge is 2.32. The summed E-state index contributed by atoms with van der Waals surface area (Å²) >= 11 is 0. The predicted octanol–water partition coefficient (Wildman–Crippen LogP) is 1.27. The number of hydrogen-bond donors (Lipinski definition) is 0. The monoisotopic (exact) mass is 186 g/mol. The van der Waals surface area contributed by atoms with Gasteiger partial charge in [-0.2, -0.15) is 0 Å². The maximum Gasteiger partial charge on any atom is 0.187 e. The van der Waals surface area contributed by atoms with Crippen LogP contribution in [0.2, 0.25) is 6.55 Å². The van der Waals surface area contributed by atoms with Crippen LogP contribution >= 0.6 is 0 Å². The summed E-state index contributed by atoms with van der Waals surface area (Å²) in [4.78, 5) is 0. The molecule has 0 aromatic heterocycles. The van der Waals surface area contributed by atoms with E-state index in [1.54, 1.807) is 0 Å². The highest BCUT2D eigenvalue weighted by molar-refractivity contribution is 6.52. The van der Waals surface area contributed by atoms with Crippen molar-refractivity contribution in [2.75, 3.05) is 13.1 Å². The van der Waals surface area contributed by atoms with Crippen LogP contribution in [-0.2, 0) is 0 Å². The molecule has 0 saturated carbocycles. The summed E-state index contributed by atoms with van der Waals surface area (Å²) in [5.74, 6) is 0. The van der Waals surface area contributed by atoms with Gasteiger partial charge in [0, 0.05) is 13.1 Å². The van der Waals surface area contributed by atoms with Crippen molar-refractivity contribution >= 4 is 9.12 Å². The topological polar surface area (TPSA) is 6.48 Å². The Bertz CT molecular complexity index is 131. The molecule has 0 unspecified atom stereocenters. The first-order chi connectivity index (χ1) is 5.54. The Morgan fingerprint density at radius 1 is 0.917 bits per heavy atom. The standard InChI is InChI=1S/C9H22N2Si/c1-8(2)10-6-7-11(9(3)4)12(10)5/h8-9,12H,6-7H2,1-5H3. The van der Waals surface area contributed by atoms with E-state index in [0.29, 0.717) is 0 Å². The van der Waals surface area contributed by atoms with E-state index in [9.17, 15) is 0 Å². The van der Waals surface area contributed by atoms with Crippen molar-refractivity contribution in [1.29, 1.82) is 0 Å². The third-order valence-electron chi connectivity index (χ3n) is 2.90. The van der Waals surface area contributed by atoms with Crippen molar-refractivity contribution in [3.8, 4) is 0 Å². The summed E-state index contributed by atoms with van der Waals surface area (Å²) in [5, 5.41) is 0. The molecule has 0 amide bonds. The second-order valence-electron chi connectivity index (χ2n) is 4.30. The van der Waals surface area contributed by atoms with Crippen molar-refractivity contribution in [3.63, 3.8) is 0 Å². The Kier molecular flexibility index (Phi) is 3.32. The molecule has 1 saturated heterocycles. The Labute approximate surface area is 78.3 Å². The highest BCUT2D eigenvalue weighted by Crippen LogP contribution is 2.16. The van der Waals surface area contributed by atoms with Gasteiger partial charge >= 0.3 is 0 Å². The smallest absolute Gasteiger partial charge is 0.187 e. The van der Waals surface area contributed by atoms with Gasteiger partial charge in [-0.1, -0.05) is 27.7 Å². The van der Waals surface area contributed by atoms with E-state index in [4.69, 9.17) is 0 Å². The predicted molar refractivity (Wildman–Crippen MR) is 56.7 cm³/mol. The summed E-state index contributed by atoms with van der Waals surface area (Å²) in [6.45, 7) is 14.3. The largest absolute Gasteiger partial charge is 0.311 e. The molecule has 12 heavy (non-hydrogen) atoms. The van der Waals surface area contributed by atoms with Gasteiger partial charge in [0.05, 0.1) is 0 Å². The van der Waals surface area contributed by atoms with Gasteiger partial charge in [0.1, 0.15) is 0 Å². The van der Waals surface area contributed by atoms with Crippen LogP contribution in [0.1, 0.15) is 27.7 Å². The van der Waals surface area contributed by atoms with Crippen LogP contribution in [-0.4, -0.2) is 43.4 Å². The van der Waals surface area contributed by atoms with Crippen LogP contribution in [0.3, 0.4) is 0 Å². The van der Waals surface area contributed by atoms with Crippen molar-refractivity contribution in [1.82, 2.24) is 9.13 Å². The first kappa shape index (κ1) is 10.2. The molecular weight excluding hydrogens is 164 g/mol. The molecule has 0 radical (unpaired) electrons. The Morgan fingerprint density at radius 3 is 1.42 bits per heavy atom. The van der Waals surface area contributed by atoms with Gasteiger partial charge in [0.15, 0.2) is 9.12 Å². The van der Waals surface area contributed by atoms with Gasteiger partial charge in [0.25, 0.3) is 0 Å². The maximum atomic E-state index is 2.69. The van der Waals surface area contributed by atoms with Crippen LogP contribution < -0.4 is 0 Å². The van der Waals surface area contributed by atoms with Gasteiger partial charge in [-0.15, -0.1) is 0 Å². The number of rotatable bonds is 2. The average Bonchev–Trinajstić information content (AvgIpc) is 2.30. The minimum Gasteiger partial charge on any atom is -0.311 e. The van der Waals surface area contributed by atoms with E-state index < -0.39 is 9.12 Å². The van der Waals surface area contributed by atoms with Crippen molar-refractivity contribution in [2.45, 2.75) is 46.3 Å². The van der Waals surface area contributed by atoms with E-state index in [0.717, 1.165) is 12.1 Å².